The molecule has 0 radical (unpaired) electrons. The SMILES string of the molecule is Cc1cccc(N(N)C(=O)NN)c1COc1cccc(-c2ccncc2)n1. The molecule has 0 aliphatic rings. The first-order valence-electron chi connectivity index (χ1n) is 8.24. The molecule has 0 saturated heterocycles. The largest absolute Gasteiger partial charge is 0.473 e. The molecule has 0 spiro atoms. The molecule has 0 aliphatic heterocycles. The predicted molar refractivity (Wildman–Crippen MR) is 102 cm³/mol. The van der Waals surface area contributed by atoms with Crippen LogP contribution in [-0.4, -0.2) is 16.0 Å². The quantitative estimate of drug-likeness (QED) is 0.363. The van der Waals surface area contributed by atoms with E-state index in [-0.39, 0.29) is 6.61 Å². The van der Waals surface area contributed by atoms with E-state index in [1.807, 2.05) is 42.7 Å². The molecular weight excluding hydrogens is 344 g/mol. The molecule has 8 heteroatoms. The number of nitrogens with zero attached hydrogens (tertiary/aromatic N) is 3. The number of urea groups is 1. The van der Waals surface area contributed by atoms with Crippen LogP contribution in [0.4, 0.5) is 10.5 Å². The minimum Gasteiger partial charge on any atom is -0.473 e. The number of anilines is 1. The number of hydrogen-bond acceptors (Lipinski definition) is 6. The van der Waals surface area contributed by atoms with E-state index in [1.165, 1.54) is 0 Å². The summed E-state index contributed by atoms with van der Waals surface area (Å²) in [4.78, 5) is 20.3. The molecule has 0 unspecified atom stereocenters. The fraction of sp³-hybridized carbons (Fsp3) is 0.105. The van der Waals surface area contributed by atoms with Crippen molar-refractivity contribution in [1.29, 1.82) is 0 Å². The molecular formula is C19H20N6O2. The zero-order valence-corrected chi connectivity index (χ0v) is 14.8. The van der Waals surface area contributed by atoms with Crippen LogP contribution < -0.4 is 26.9 Å². The summed E-state index contributed by atoms with van der Waals surface area (Å²) in [5.41, 5.74) is 5.93. The summed E-state index contributed by atoms with van der Waals surface area (Å²) >= 11 is 0. The molecule has 5 N–H and O–H groups in total. The van der Waals surface area contributed by atoms with Gasteiger partial charge in [0.05, 0.1) is 11.4 Å². The van der Waals surface area contributed by atoms with E-state index < -0.39 is 6.03 Å². The molecule has 0 aliphatic carbocycles. The first-order valence-corrected chi connectivity index (χ1v) is 8.24. The standard InChI is InChI=1S/C19H20N6O2/c1-13-4-2-6-17(25(21)19(26)24-20)15(13)12-27-18-7-3-5-16(23-18)14-8-10-22-11-9-14/h2-11H,12,20-21H2,1H3,(H,24,26). The summed E-state index contributed by atoms with van der Waals surface area (Å²) in [7, 11) is 0. The van der Waals surface area contributed by atoms with Crippen LogP contribution in [0.5, 0.6) is 5.88 Å². The third kappa shape index (κ3) is 4.20. The van der Waals surface area contributed by atoms with Gasteiger partial charge in [-0.2, -0.15) is 0 Å². The number of nitrogens with two attached hydrogens (primary N) is 2. The minimum absolute atomic E-state index is 0.195. The van der Waals surface area contributed by atoms with Gasteiger partial charge in [0, 0.05) is 29.6 Å². The van der Waals surface area contributed by atoms with Gasteiger partial charge in [-0.05, 0) is 36.8 Å². The maximum atomic E-state index is 11.8. The van der Waals surface area contributed by atoms with Crippen molar-refractivity contribution in [3.8, 4) is 17.1 Å². The monoisotopic (exact) mass is 364 g/mol. The molecule has 0 bridgehead atoms. The molecule has 27 heavy (non-hydrogen) atoms. The van der Waals surface area contributed by atoms with E-state index in [0.29, 0.717) is 11.6 Å². The average Bonchev–Trinajstić information content (AvgIpc) is 2.72. The number of hydrogen-bond donors (Lipinski definition) is 3. The van der Waals surface area contributed by atoms with Crippen molar-refractivity contribution < 1.29 is 9.53 Å². The number of pyridine rings is 2. The number of hydrazine groups is 2. The van der Waals surface area contributed by atoms with Crippen molar-refractivity contribution in [2.24, 2.45) is 11.7 Å². The highest BCUT2D eigenvalue weighted by atomic mass is 16.5. The number of ether oxygens (including phenoxy) is 1. The molecule has 138 valence electrons. The summed E-state index contributed by atoms with van der Waals surface area (Å²) in [6.07, 6.45) is 3.42. The number of carbonyl (C=O) groups is 1. The minimum atomic E-state index is -0.625. The van der Waals surface area contributed by atoms with Crippen LogP contribution in [0.3, 0.4) is 0 Å². The highest BCUT2D eigenvalue weighted by molar-refractivity contribution is 5.91. The third-order valence-corrected chi connectivity index (χ3v) is 4.05. The summed E-state index contributed by atoms with van der Waals surface area (Å²) < 4.78 is 5.87. The Morgan fingerprint density at radius 1 is 1.15 bits per heavy atom. The molecule has 2 amide bonds. The Balaban J connectivity index is 1.83. The van der Waals surface area contributed by atoms with E-state index in [4.69, 9.17) is 16.4 Å². The number of benzene rings is 1. The highest BCUT2D eigenvalue weighted by Gasteiger charge is 2.16. The van der Waals surface area contributed by atoms with E-state index >= 15 is 0 Å². The number of carbonyl (C=O) groups excluding carboxylic acids is 1. The lowest BCUT2D eigenvalue weighted by atomic mass is 10.1. The molecule has 8 nitrogen and oxygen atoms in total. The Labute approximate surface area is 156 Å². The average molecular weight is 364 g/mol. The Bertz CT molecular complexity index is 932. The fourth-order valence-corrected chi connectivity index (χ4v) is 2.60. The van der Waals surface area contributed by atoms with Crippen LogP contribution in [0, 0.1) is 6.92 Å². The van der Waals surface area contributed by atoms with Crippen molar-refractivity contribution in [1.82, 2.24) is 15.4 Å². The van der Waals surface area contributed by atoms with Gasteiger partial charge in [0.15, 0.2) is 0 Å². The van der Waals surface area contributed by atoms with Gasteiger partial charge < -0.3 is 4.74 Å². The van der Waals surface area contributed by atoms with Crippen LogP contribution in [0.2, 0.25) is 0 Å². The van der Waals surface area contributed by atoms with Crippen molar-refractivity contribution in [3.63, 3.8) is 0 Å². The number of aryl methyl sites for hydroxylation is 1. The molecule has 0 fully saturated rings. The highest BCUT2D eigenvalue weighted by Crippen LogP contribution is 2.25. The first kappa shape index (κ1) is 18.3. The van der Waals surface area contributed by atoms with Crippen molar-refractivity contribution in [2.75, 3.05) is 5.01 Å². The lowest BCUT2D eigenvalue weighted by Crippen LogP contribution is -2.48. The van der Waals surface area contributed by atoms with E-state index in [0.717, 1.165) is 27.4 Å². The predicted octanol–water partition coefficient (Wildman–Crippen LogP) is 2.29. The van der Waals surface area contributed by atoms with Crippen LogP contribution >= 0.6 is 0 Å². The Hall–Kier alpha value is -3.49. The van der Waals surface area contributed by atoms with Crippen molar-refractivity contribution in [3.05, 3.63) is 72.1 Å². The van der Waals surface area contributed by atoms with Gasteiger partial charge >= 0.3 is 6.03 Å². The first-order chi connectivity index (χ1) is 13.1. The molecule has 2 heterocycles. The van der Waals surface area contributed by atoms with Crippen molar-refractivity contribution >= 4 is 11.7 Å². The summed E-state index contributed by atoms with van der Waals surface area (Å²) in [5, 5.41) is 0.951. The van der Waals surface area contributed by atoms with Crippen LogP contribution in [0.15, 0.2) is 60.9 Å². The lowest BCUT2D eigenvalue weighted by molar-refractivity contribution is 0.246. The topological polar surface area (TPSA) is 119 Å². The van der Waals surface area contributed by atoms with Gasteiger partial charge in [-0.1, -0.05) is 18.2 Å². The number of amides is 2. The smallest absolute Gasteiger partial charge is 0.350 e. The third-order valence-electron chi connectivity index (χ3n) is 4.05. The molecule has 2 aromatic heterocycles. The lowest BCUT2D eigenvalue weighted by Gasteiger charge is -2.21. The molecule has 0 atom stereocenters. The van der Waals surface area contributed by atoms with E-state index in [9.17, 15) is 4.79 Å². The summed E-state index contributed by atoms with van der Waals surface area (Å²) in [5.74, 6) is 11.5. The Morgan fingerprint density at radius 2 is 1.89 bits per heavy atom. The van der Waals surface area contributed by atoms with Gasteiger partial charge in [0.1, 0.15) is 6.61 Å². The Kier molecular flexibility index (Phi) is 5.60. The second kappa shape index (κ2) is 8.26. The second-order valence-electron chi connectivity index (χ2n) is 5.78. The van der Waals surface area contributed by atoms with Crippen LogP contribution in [0.25, 0.3) is 11.3 Å². The maximum Gasteiger partial charge on any atom is 0.350 e. The van der Waals surface area contributed by atoms with Crippen molar-refractivity contribution in [2.45, 2.75) is 13.5 Å². The van der Waals surface area contributed by atoms with E-state index in [1.54, 1.807) is 30.6 Å². The van der Waals surface area contributed by atoms with Gasteiger partial charge in [0.25, 0.3) is 0 Å². The number of aromatic nitrogens is 2. The van der Waals surface area contributed by atoms with Crippen LogP contribution in [-0.2, 0) is 6.61 Å². The molecule has 3 rings (SSSR count). The zero-order valence-electron chi connectivity index (χ0n) is 14.8. The number of rotatable bonds is 5. The zero-order chi connectivity index (χ0) is 19.2. The Morgan fingerprint density at radius 3 is 2.63 bits per heavy atom. The molecule has 0 saturated carbocycles. The van der Waals surface area contributed by atoms with Gasteiger partial charge in [-0.25, -0.2) is 26.5 Å². The summed E-state index contributed by atoms with van der Waals surface area (Å²) in [6, 6.07) is 14.1. The second-order valence-corrected chi connectivity index (χ2v) is 5.78. The van der Waals surface area contributed by atoms with Gasteiger partial charge in [-0.15, -0.1) is 0 Å². The van der Waals surface area contributed by atoms with Crippen LogP contribution in [0.1, 0.15) is 11.1 Å². The number of nitrogens with one attached hydrogen (secondary N) is 1. The summed E-state index contributed by atoms with van der Waals surface area (Å²) in [6.45, 7) is 2.11. The van der Waals surface area contributed by atoms with Gasteiger partial charge in [0.2, 0.25) is 5.88 Å². The molecule has 1 aromatic carbocycles. The fourth-order valence-electron chi connectivity index (χ4n) is 2.60. The van der Waals surface area contributed by atoms with E-state index in [2.05, 4.69) is 9.97 Å². The normalized spacial score (nSPS) is 10.3. The maximum absolute atomic E-state index is 11.8. The molecule has 3 aromatic rings. The van der Waals surface area contributed by atoms with Gasteiger partial charge in [-0.3, -0.25) is 10.4 Å².